The minimum Gasteiger partial charge on any atom is -0.313 e. The van der Waals surface area contributed by atoms with Crippen LogP contribution >= 0.6 is 0 Å². The molecule has 0 N–H and O–H groups in total. The van der Waals surface area contributed by atoms with E-state index in [-0.39, 0.29) is 12.5 Å². The molecule has 1 aliphatic rings. The van der Waals surface area contributed by atoms with Crippen LogP contribution in [0.4, 0.5) is 5.69 Å². The van der Waals surface area contributed by atoms with Gasteiger partial charge in [0.05, 0.1) is 5.69 Å². The number of anilines is 1. The summed E-state index contributed by atoms with van der Waals surface area (Å²) >= 11 is 0. The number of carbonyl (C=O) groups is 1. The molecule has 0 saturated carbocycles. The number of likely N-dealkylation sites (N-methyl/N-ethyl adjacent to an activating group) is 1. The Morgan fingerprint density at radius 3 is 2.69 bits per heavy atom. The van der Waals surface area contributed by atoms with Gasteiger partial charge in [-0.15, -0.1) is 0 Å². The molecule has 0 fully saturated rings. The lowest BCUT2D eigenvalue weighted by Gasteiger charge is -2.18. The fourth-order valence-corrected chi connectivity index (χ4v) is 1.95. The van der Waals surface area contributed by atoms with Crippen LogP contribution in [-0.2, 0) is 4.79 Å². The maximum atomic E-state index is 11.8. The SMILES string of the molecule is CC(C)C1=NCC(=O)N(C)c2ccccc21. The Labute approximate surface area is 95.8 Å². The van der Waals surface area contributed by atoms with Gasteiger partial charge in [0.15, 0.2) is 0 Å². The lowest BCUT2D eigenvalue weighted by atomic mass is 9.98. The summed E-state index contributed by atoms with van der Waals surface area (Å²) in [6.45, 7) is 4.45. The second-order valence-corrected chi connectivity index (χ2v) is 4.33. The van der Waals surface area contributed by atoms with E-state index in [2.05, 4.69) is 18.8 Å². The predicted molar refractivity (Wildman–Crippen MR) is 66.1 cm³/mol. The summed E-state index contributed by atoms with van der Waals surface area (Å²) in [5.41, 5.74) is 3.05. The van der Waals surface area contributed by atoms with E-state index >= 15 is 0 Å². The molecule has 0 bridgehead atoms. The largest absolute Gasteiger partial charge is 0.313 e. The van der Waals surface area contributed by atoms with E-state index in [4.69, 9.17) is 0 Å². The van der Waals surface area contributed by atoms with Crippen molar-refractivity contribution in [2.45, 2.75) is 13.8 Å². The Morgan fingerprint density at radius 2 is 2.00 bits per heavy atom. The zero-order chi connectivity index (χ0) is 11.7. The molecule has 0 aromatic heterocycles. The number of rotatable bonds is 1. The van der Waals surface area contributed by atoms with Gasteiger partial charge in [0, 0.05) is 18.3 Å². The summed E-state index contributed by atoms with van der Waals surface area (Å²) in [6, 6.07) is 7.94. The van der Waals surface area contributed by atoms with Crippen molar-refractivity contribution in [1.82, 2.24) is 0 Å². The molecular weight excluding hydrogens is 200 g/mol. The van der Waals surface area contributed by atoms with Crippen LogP contribution in [0, 0.1) is 5.92 Å². The van der Waals surface area contributed by atoms with Crippen molar-refractivity contribution in [2.24, 2.45) is 10.9 Å². The third-order valence-electron chi connectivity index (χ3n) is 2.85. The Hall–Kier alpha value is -1.64. The van der Waals surface area contributed by atoms with Crippen molar-refractivity contribution >= 4 is 17.3 Å². The number of nitrogens with zero attached hydrogens (tertiary/aromatic N) is 2. The number of hydrogen-bond donors (Lipinski definition) is 0. The van der Waals surface area contributed by atoms with Gasteiger partial charge in [-0.1, -0.05) is 32.0 Å². The van der Waals surface area contributed by atoms with Crippen molar-refractivity contribution < 1.29 is 4.79 Å². The molecule has 1 aromatic rings. The maximum Gasteiger partial charge on any atom is 0.248 e. The lowest BCUT2D eigenvalue weighted by molar-refractivity contribution is -0.116. The van der Waals surface area contributed by atoms with Gasteiger partial charge in [-0.2, -0.15) is 0 Å². The first-order valence-corrected chi connectivity index (χ1v) is 5.51. The van der Waals surface area contributed by atoms with Crippen LogP contribution in [0.25, 0.3) is 0 Å². The zero-order valence-corrected chi connectivity index (χ0v) is 9.90. The number of aliphatic imine (C=N–C) groups is 1. The Bertz CT molecular complexity index is 449. The summed E-state index contributed by atoms with van der Waals surface area (Å²) < 4.78 is 0. The van der Waals surface area contributed by atoms with Crippen molar-refractivity contribution in [1.29, 1.82) is 0 Å². The van der Waals surface area contributed by atoms with E-state index in [1.807, 2.05) is 24.3 Å². The number of fused-ring (bicyclic) bond motifs is 1. The second kappa shape index (κ2) is 4.08. The number of benzodiazepines with no additional fused rings is 1. The molecule has 1 aromatic carbocycles. The van der Waals surface area contributed by atoms with Crippen molar-refractivity contribution in [2.75, 3.05) is 18.5 Å². The number of hydrogen-bond acceptors (Lipinski definition) is 2. The summed E-state index contributed by atoms with van der Waals surface area (Å²) in [7, 11) is 1.81. The lowest BCUT2D eigenvalue weighted by Crippen LogP contribution is -2.27. The molecule has 16 heavy (non-hydrogen) atoms. The second-order valence-electron chi connectivity index (χ2n) is 4.33. The molecule has 0 radical (unpaired) electrons. The summed E-state index contributed by atoms with van der Waals surface area (Å²) in [5.74, 6) is 0.378. The minimum absolute atomic E-state index is 0.0445. The van der Waals surface area contributed by atoms with E-state index in [0.29, 0.717) is 5.92 Å². The van der Waals surface area contributed by atoms with Crippen LogP contribution in [0.3, 0.4) is 0 Å². The van der Waals surface area contributed by atoms with E-state index in [1.54, 1.807) is 11.9 Å². The molecule has 1 aliphatic heterocycles. The highest BCUT2D eigenvalue weighted by molar-refractivity contribution is 6.12. The molecule has 84 valence electrons. The normalized spacial score (nSPS) is 15.9. The van der Waals surface area contributed by atoms with Gasteiger partial charge >= 0.3 is 0 Å². The Balaban J connectivity index is 2.60. The molecule has 0 spiro atoms. The molecule has 2 rings (SSSR count). The fraction of sp³-hybridized carbons (Fsp3) is 0.385. The highest BCUT2D eigenvalue weighted by Crippen LogP contribution is 2.25. The molecule has 3 heteroatoms. The van der Waals surface area contributed by atoms with Crippen LogP contribution in [0.1, 0.15) is 19.4 Å². The van der Waals surface area contributed by atoms with Gasteiger partial charge in [-0.25, -0.2) is 0 Å². The van der Waals surface area contributed by atoms with Gasteiger partial charge < -0.3 is 4.90 Å². The van der Waals surface area contributed by atoms with E-state index < -0.39 is 0 Å². The number of carbonyl (C=O) groups excluding carboxylic acids is 1. The van der Waals surface area contributed by atoms with E-state index in [0.717, 1.165) is 17.0 Å². The van der Waals surface area contributed by atoms with Gasteiger partial charge in [-0.05, 0) is 12.0 Å². The highest BCUT2D eigenvalue weighted by Gasteiger charge is 2.22. The number of benzene rings is 1. The molecule has 3 nitrogen and oxygen atoms in total. The van der Waals surface area contributed by atoms with Gasteiger partial charge in [0.25, 0.3) is 0 Å². The highest BCUT2D eigenvalue weighted by atomic mass is 16.2. The van der Waals surface area contributed by atoms with Crippen molar-refractivity contribution in [3.63, 3.8) is 0 Å². The van der Waals surface area contributed by atoms with E-state index in [9.17, 15) is 4.79 Å². The van der Waals surface area contributed by atoms with Crippen LogP contribution in [0.2, 0.25) is 0 Å². The standard InChI is InChI=1S/C13H16N2O/c1-9(2)13-10-6-4-5-7-11(10)15(3)12(16)8-14-13/h4-7,9H,8H2,1-3H3. The smallest absolute Gasteiger partial charge is 0.248 e. The van der Waals surface area contributed by atoms with Gasteiger partial charge in [0.2, 0.25) is 5.91 Å². The fourth-order valence-electron chi connectivity index (χ4n) is 1.95. The minimum atomic E-state index is 0.0445. The molecule has 0 atom stereocenters. The van der Waals surface area contributed by atoms with Crippen LogP contribution in [-0.4, -0.2) is 25.2 Å². The monoisotopic (exact) mass is 216 g/mol. The van der Waals surface area contributed by atoms with Crippen molar-refractivity contribution in [3.05, 3.63) is 29.8 Å². The summed E-state index contributed by atoms with van der Waals surface area (Å²) in [5, 5.41) is 0. The average molecular weight is 216 g/mol. The first-order chi connectivity index (χ1) is 7.61. The van der Waals surface area contributed by atoms with Gasteiger partial charge in [-0.3, -0.25) is 9.79 Å². The summed E-state index contributed by atoms with van der Waals surface area (Å²) in [6.07, 6.45) is 0. The molecule has 0 unspecified atom stereocenters. The molecule has 1 heterocycles. The quantitative estimate of drug-likeness (QED) is 0.707. The average Bonchev–Trinajstić information content (AvgIpc) is 2.39. The Morgan fingerprint density at radius 1 is 1.31 bits per heavy atom. The maximum absolute atomic E-state index is 11.8. The third kappa shape index (κ3) is 1.73. The number of para-hydroxylation sites is 1. The molecule has 0 saturated heterocycles. The predicted octanol–water partition coefficient (Wildman–Crippen LogP) is 2.11. The first-order valence-electron chi connectivity index (χ1n) is 5.51. The third-order valence-corrected chi connectivity index (χ3v) is 2.85. The van der Waals surface area contributed by atoms with Crippen molar-refractivity contribution in [3.8, 4) is 0 Å². The van der Waals surface area contributed by atoms with Gasteiger partial charge in [0.1, 0.15) is 6.54 Å². The molecule has 1 amide bonds. The topological polar surface area (TPSA) is 32.7 Å². The number of amides is 1. The zero-order valence-electron chi connectivity index (χ0n) is 9.90. The first kappa shape index (κ1) is 10.9. The Kier molecular flexibility index (Phi) is 2.77. The van der Waals surface area contributed by atoms with Crippen LogP contribution in [0.15, 0.2) is 29.3 Å². The molecule has 0 aliphatic carbocycles. The molecular formula is C13H16N2O. The summed E-state index contributed by atoms with van der Waals surface area (Å²) in [4.78, 5) is 17.9. The van der Waals surface area contributed by atoms with Crippen LogP contribution < -0.4 is 4.90 Å². The van der Waals surface area contributed by atoms with Crippen LogP contribution in [0.5, 0.6) is 0 Å². The van der Waals surface area contributed by atoms with E-state index in [1.165, 1.54) is 0 Å².